The van der Waals surface area contributed by atoms with E-state index in [1.165, 1.54) is 24.3 Å². The number of ether oxygens (including phenoxy) is 1. The van der Waals surface area contributed by atoms with Crippen LogP contribution in [0.2, 0.25) is 0 Å². The lowest BCUT2D eigenvalue weighted by Crippen LogP contribution is -2.42. The molecule has 1 amide bonds. The van der Waals surface area contributed by atoms with Crippen molar-refractivity contribution in [1.29, 1.82) is 0 Å². The first kappa shape index (κ1) is 28.2. The summed E-state index contributed by atoms with van der Waals surface area (Å²) >= 11 is 0. The highest BCUT2D eigenvalue weighted by atomic mass is 32.2. The van der Waals surface area contributed by atoms with Crippen molar-refractivity contribution >= 4 is 31.5 Å². The van der Waals surface area contributed by atoms with Crippen LogP contribution in [0.4, 0.5) is 5.69 Å². The maximum atomic E-state index is 13.6. The summed E-state index contributed by atoms with van der Waals surface area (Å²) in [7, 11) is -7.40. The largest absolute Gasteiger partial charge is 0.494 e. The molecule has 0 aliphatic rings. The predicted molar refractivity (Wildman–Crippen MR) is 144 cm³/mol. The topological polar surface area (TPSA) is 110 Å². The van der Waals surface area contributed by atoms with Crippen LogP contribution in [0.3, 0.4) is 0 Å². The minimum absolute atomic E-state index is 0.0724. The molecule has 0 saturated heterocycles. The lowest BCUT2D eigenvalue weighted by molar-refractivity contribution is -0.120. The Kier molecular flexibility index (Phi) is 8.98. The summed E-state index contributed by atoms with van der Waals surface area (Å²) in [5.74, 6) is 0.0931. The number of hydrogen-bond acceptors (Lipinski definition) is 6. The van der Waals surface area contributed by atoms with Crippen LogP contribution in [-0.4, -0.2) is 42.2 Å². The van der Waals surface area contributed by atoms with Gasteiger partial charge in [0.15, 0.2) is 9.84 Å². The highest BCUT2D eigenvalue weighted by Gasteiger charge is 2.28. The fourth-order valence-electron chi connectivity index (χ4n) is 3.77. The number of rotatable bonds is 11. The van der Waals surface area contributed by atoms with Gasteiger partial charge in [-0.15, -0.1) is 0 Å². The van der Waals surface area contributed by atoms with Crippen molar-refractivity contribution < 1.29 is 26.4 Å². The minimum atomic E-state index is -4.06. The number of amides is 1. The van der Waals surface area contributed by atoms with Gasteiger partial charge in [0.1, 0.15) is 12.3 Å². The first-order valence-corrected chi connectivity index (χ1v) is 15.2. The Morgan fingerprint density at radius 1 is 0.865 bits per heavy atom. The van der Waals surface area contributed by atoms with E-state index in [0.29, 0.717) is 24.5 Å². The van der Waals surface area contributed by atoms with Crippen molar-refractivity contribution in [2.45, 2.75) is 43.0 Å². The summed E-state index contributed by atoms with van der Waals surface area (Å²) in [6.07, 6.45) is 1.66. The third-order valence-electron chi connectivity index (χ3n) is 5.79. The van der Waals surface area contributed by atoms with Gasteiger partial charge in [0.2, 0.25) is 5.91 Å². The van der Waals surface area contributed by atoms with Gasteiger partial charge in [-0.3, -0.25) is 9.10 Å². The summed E-state index contributed by atoms with van der Waals surface area (Å²) in [5.41, 5.74) is 1.96. The molecule has 10 heteroatoms. The van der Waals surface area contributed by atoms with E-state index >= 15 is 0 Å². The number of sulfone groups is 1. The number of carbonyl (C=O) groups is 1. The molecular weight excluding hydrogens is 512 g/mol. The van der Waals surface area contributed by atoms with Crippen LogP contribution in [0.25, 0.3) is 0 Å². The van der Waals surface area contributed by atoms with Crippen molar-refractivity contribution in [2.75, 3.05) is 23.7 Å². The highest BCUT2D eigenvalue weighted by Crippen LogP contribution is 2.27. The first-order chi connectivity index (χ1) is 17.5. The quantitative estimate of drug-likeness (QED) is 0.386. The van der Waals surface area contributed by atoms with E-state index in [0.717, 1.165) is 21.7 Å². The average molecular weight is 545 g/mol. The third kappa shape index (κ3) is 7.11. The molecule has 0 spiro atoms. The van der Waals surface area contributed by atoms with Crippen LogP contribution >= 0.6 is 0 Å². The van der Waals surface area contributed by atoms with Gasteiger partial charge >= 0.3 is 0 Å². The maximum Gasteiger partial charge on any atom is 0.264 e. The fourth-order valence-corrected chi connectivity index (χ4v) is 5.82. The lowest BCUT2D eigenvalue weighted by atomic mass is 10.0. The molecule has 37 heavy (non-hydrogen) atoms. The van der Waals surface area contributed by atoms with Gasteiger partial charge in [0.05, 0.1) is 28.1 Å². The standard InChI is InChI=1S/C27H32N2O6S2/c1-5-26(21-9-17-24(18-10-21)36(4,31)32)28-27(30)19-29(22-11-13-23(14-12-22)35-6-2)37(33,34)25-15-7-20(3)8-16-25/h7-18,26H,5-6,19H2,1-4H3,(H,28,30). The second-order valence-corrected chi connectivity index (χ2v) is 12.5. The molecule has 1 N–H and O–H groups in total. The Balaban J connectivity index is 1.89. The summed E-state index contributed by atoms with van der Waals surface area (Å²) < 4.78 is 57.3. The molecule has 3 aromatic carbocycles. The van der Waals surface area contributed by atoms with Gasteiger partial charge in [-0.05, 0) is 74.4 Å². The number of carbonyl (C=O) groups excluding carboxylic acids is 1. The van der Waals surface area contributed by atoms with E-state index in [4.69, 9.17) is 4.74 Å². The van der Waals surface area contributed by atoms with Crippen LogP contribution in [-0.2, 0) is 24.7 Å². The van der Waals surface area contributed by atoms with E-state index in [2.05, 4.69) is 5.32 Å². The van der Waals surface area contributed by atoms with Gasteiger partial charge < -0.3 is 10.1 Å². The van der Waals surface area contributed by atoms with Gasteiger partial charge in [0.25, 0.3) is 10.0 Å². The third-order valence-corrected chi connectivity index (χ3v) is 8.70. The molecule has 0 bridgehead atoms. The molecule has 8 nitrogen and oxygen atoms in total. The van der Waals surface area contributed by atoms with Crippen molar-refractivity contribution in [3.8, 4) is 5.75 Å². The number of nitrogens with one attached hydrogen (secondary N) is 1. The van der Waals surface area contributed by atoms with Crippen LogP contribution in [0.5, 0.6) is 5.75 Å². The van der Waals surface area contributed by atoms with Gasteiger partial charge in [-0.2, -0.15) is 0 Å². The van der Waals surface area contributed by atoms with Crippen LogP contribution in [0.15, 0.2) is 82.6 Å². The molecule has 0 saturated carbocycles. The molecule has 0 aliphatic heterocycles. The Morgan fingerprint density at radius 3 is 1.95 bits per heavy atom. The minimum Gasteiger partial charge on any atom is -0.494 e. The lowest BCUT2D eigenvalue weighted by Gasteiger charge is -2.26. The first-order valence-electron chi connectivity index (χ1n) is 11.9. The summed E-state index contributed by atoms with van der Waals surface area (Å²) in [6, 6.07) is 18.8. The van der Waals surface area contributed by atoms with Crippen LogP contribution < -0.4 is 14.4 Å². The molecule has 0 fully saturated rings. The summed E-state index contributed by atoms with van der Waals surface area (Å²) in [5, 5.41) is 2.89. The smallest absolute Gasteiger partial charge is 0.264 e. The molecule has 0 aromatic heterocycles. The van der Waals surface area contributed by atoms with Crippen LogP contribution in [0.1, 0.15) is 37.4 Å². The number of benzene rings is 3. The van der Waals surface area contributed by atoms with Crippen molar-refractivity contribution in [1.82, 2.24) is 5.32 Å². The molecule has 198 valence electrons. The van der Waals surface area contributed by atoms with Gasteiger partial charge in [-0.25, -0.2) is 16.8 Å². The molecule has 3 aromatic rings. The second kappa shape index (κ2) is 11.8. The van der Waals surface area contributed by atoms with E-state index < -0.39 is 38.4 Å². The van der Waals surface area contributed by atoms with Crippen molar-refractivity contribution in [3.05, 3.63) is 83.9 Å². The molecule has 1 unspecified atom stereocenters. The van der Waals surface area contributed by atoms with Gasteiger partial charge in [-0.1, -0.05) is 36.8 Å². The molecule has 0 aliphatic carbocycles. The predicted octanol–water partition coefficient (Wildman–Crippen LogP) is 4.26. The molecule has 0 radical (unpaired) electrons. The van der Waals surface area contributed by atoms with Crippen molar-refractivity contribution in [3.63, 3.8) is 0 Å². The number of anilines is 1. The number of sulfonamides is 1. The normalized spacial score (nSPS) is 12.5. The molecule has 1 atom stereocenters. The van der Waals surface area contributed by atoms with Crippen molar-refractivity contribution in [2.24, 2.45) is 0 Å². The zero-order valence-electron chi connectivity index (χ0n) is 21.3. The Bertz CT molecular complexity index is 1420. The van der Waals surface area contributed by atoms with Crippen LogP contribution in [0, 0.1) is 6.92 Å². The SMILES string of the molecule is CCOc1ccc(N(CC(=O)NC(CC)c2ccc(S(C)(=O)=O)cc2)S(=O)(=O)c2ccc(C)cc2)cc1. The Hall–Kier alpha value is -3.37. The average Bonchev–Trinajstić information content (AvgIpc) is 2.86. The monoisotopic (exact) mass is 544 g/mol. The Labute approximate surface area is 219 Å². The molecular formula is C27H32N2O6S2. The second-order valence-electron chi connectivity index (χ2n) is 8.62. The van der Waals surface area contributed by atoms with Gasteiger partial charge in [0, 0.05) is 6.26 Å². The van der Waals surface area contributed by atoms with E-state index in [1.54, 1.807) is 48.5 Å². The highest BCUT2D eigenvalue weighted by molar-refractivity contribution is 7.93. The molecule has 0 heterocycles. The van der Waals surface area contributed by atoms with E-state index in [1.807, 2.05) is 20.8 Å². The number of nitrogens with zero attached hydrogens (tertiary/aromatic N) is 1. The number of hydrogen-bond donors (Lipinski definition) is 1. The summed E-state index contributed by atoms with van der Waals surface area (Å²) in [4.78, 5) is 13.4. The molecule has 3 rings (SSSR count). The zero-order valence-corrected chi connectivity index (χ0v) is 23.0. The maximum absolute atomic E-state index is 13.6. The summed E-state index contributed by atoms with van der Waals surface area (Å²) in [6.45, 7) is 5.62. The number of aryl methyl sites for hydroxylation is 1. The van der Waals surface area contributed by atoms with E-state index in [-0.39, 0.29) is 9.79 Å². The zero-order chi connectivity index (χ0) is 27.2. The Morgan fingerprint density at radius 2 is 1.43 bits per heavy atom. The fraction of sp³-hybridized carbons (Fsp3) is 0.296. The van der Waals surface area contributed by atoms with E-state index in [9.17, 15) is 21.6 Å².